The van der Waals surface area contributed by atoms with Crippen LogP contribution in [0.1, 0.15) is 44.9 Å². The van der Waals surface area contributed by atoms with Crippen LogP contribution in [0.3, 0.4) is 0 Å². The first-order valence-corrected chi connectivity index (χ1v) is 7.59. The van der Waals surface area contributed by atoms with Gasteiger partial charge in [-0.25, -0.2) is 9.37 Å². The molecule has 1 aromatic heterocycles. The lowest BCUT2D eigenvalue weighted by molar-refractivity contribution is 0.626. The van der Waals surface area contributed by atoms with Gasteiger partial charge in [0, 0.05) is 6.54 Å². The van der Waals surface area contributed by atoms with Crippen molar-refractivity contribution in [3.05, 3.63) is 71.1 Å². The highest BCUT2D eigenvalue weighted by Crippen LogP contribution is 2.14. The summed E-state index contributed by atoms with van der Waals surface area (Å²) in [5, 5.41) is 0. The van der Waals surface area contributed by atoms with Gasteiger partial charge in [0.15, 0.2) is 0 Å². The lowest BCUT2D eigenvalue weighted by Gasteiger charge is -2.07. The molecule has 0 unspecified atom stereocenters. The predicted molar refractivity (Wildman–Crippen MR) is 90.0 cm³/mol. The number of imidazole rings is 1. The van der Waals surface area contributed by atoms with Crippen LogP contribution in [0.5, 0.6) is 0 Å². The van der Waals surface area contributed by atoms with Crippen LogP contribution in [-0.4, -0.2) is 9.55 Å². The van der Waals surface area contributed by atoms with Crippen LogP contribution >= 0.6 is 0 Å². The average Bonchev–Trinajstić information content (AvgIpc) is 2.88. The summed E-state index contributed by atoms with van der Waals surface area (Å²) < 4.78 is 15.0. The standard InChI is InChI=1S/C19H23FN2/c1-15(2)5-4-6-16(3)11-19-12-21-14-22(19)13-17-7-9-18(20)10-8-17/h5,7-12,14H,4,6,13H2,1-3H3/b16-11+. The average molecular weight is 298 g/mol. The molecule has 0 bridgehead atoms. The fourth-order valence-electron chi connectivity index (χ4n) is 2.28. The van der Waals surface area contributed by atoms with Crippen LogP contribution in [0.15, 0.2) is 54.0 Å². The molecule has 1 heterocycles. The van der Waals surface area contributed by atoms with Gasteiger partial charge in [0.25, 0.3) is 0 Å². The van der Waals surface area contributed by atoms with Crippen molar-refractivity contribution in [2.45, 2.75) is 40.2 Å². The van der Waals surface area contributed by atoms with E-state index in [1.54, 1.807) is 0 Å². The molecule has 3 heteroatoms. The molecule has 2 rings (SSSR count). The molecule has 0 amide bonds. The van der Waals surface area contributed by atoms with Gasteiger partial charge in [-0.3, -0.25) is 0 Å². The molecule has 116 valence electrons. The maximum Gasteiger partial charge on any atom is 0.123 e. The second-order valence-corrected chi connectivity index (χ2v) is 5.88. The molecule has 1 aromatic carbocycles. The number of hydrogen-bond donors (Lipinski definition) is 0. The number of nitrogens with zero attached hydrogens (tertiary/aromatic N) is 2. The normalized spacial score (nSPS) is 11.5. The lowest BCUT2D eigenvalue weighted by Crippen LogP contribution is -2.00. The van der Waals surface area contributed by atoms with Crippen LogP contribution in [0.2, 0.25) is 0 Å². The third kappa shape index (κ3) is 4.99. The highest BCUT2D eigenvalue weighted by atomic mass is 19.1. The molecular formula is C19H23FN2. The maximum absolute atomic E-state index is 13.0. The molecule has 0 aliphatic heterocycles. The summed E-state index contributed by atoms with van der Waals surface area (Å²) in [4.78, 5) is 4.23. The van der Waals surface area contributed by atoms with Gasteiger partial charge in [0.1, 0.15) is 5.82 Å². The number of hydrogen-bond acceptors (Lipinski definition) is 1. The topological polar surface area (TPSA) is 17.8 Å². The summed E-state index contributed by atoms with van der Waals surface area (Å²) >= 11 is 0. The Morgan fingerprint density at radius 1 is 1.18 bits per heavy atom. The Hall–Kier alpha value is -2.16. The molecule has 22 heavy (non-hydrogen) atoms. The van der Waals surface area contributed by atoms with Gasteiger partial charge in [0.2, 0.25) is 0 Å². The number of aromatic nitrogens is 2. The van der Waals surface area contributed by atoms with Crippen LogP contribution in [0, 0.1) is 5.82 Å². The van der Waals surface area contributed by atoms with E-state index in [1.807, 2.05) is 24.7 Å². The van der Waals surface area contributed by atoms with Crippen molar-refractivity contribution in [2.24, 2.45) is 0 Å². The molecule has 0 saturated heterocycles. The number of rotatable bonds is 6. The minimum absolute atomic E-state index is 0.204. The van der Waals surface area contributed by atoms with E-state index in [9.17, 15) is 4.39 Å². The van der Waals surface area contributed by atoms with E-state index in [4.69, 9.17) is 0 Å². The quantitative estimate of drug-likeness (QED) is 0.668. The van der Waals surface area contributed by atoms with Crippen molar-refractivity contribution in [1.29, 1.82) is 0 Å². The Morgan fingerprint density at radius 3 is 2.59 bits per heavy atom. The molecule has 0 N–H and O–H groups in total. The van der Waals surface area contributed by atoms with Crippen LogP contribution < -0.4 is 0 Å². The van der Waals surface area contributed by atoms with Gasteiger partial charge in [-0.2, -0.15) is 0 Å². The zero-order valence-corrected chi connectivity index (χ0v) is 13.5. The molecule has 0 aliphatic rings. The van der Waals surface area contributed by atoms with Crippen LogP contribution in [0.4, 0.5) is 4.39 Å². The van der Waals surface area contributed by atoms with E-state index in [-0.39, 0.29) is 5.82 Å². The zero-order valence-electron chi connectivity index (χ0n) is 13.5. The minimum Gasteiger partial charge on any atom is -0.327 e. The van der Waals surface area contributed by atoms with Crippen molar-refractivity contribution in [3.8, 4) is 0 Å². The molecule has 0 atom stereocenters. The van der Waals surface area contributed by atoms with E-state index < -0.39 is 0 Å². The van der Waals surface area contributed by atoms with Crippen LogP contribution in [0.25, 0.3) is 6.08 Å². The van der Waals surface area contributed by atoms with E-state index in [2.05, 4.69) is 42.5 Å². The summed E-state index contributed by atoms with van der Waals surface area (Å²) in [6.07, 6.45) is 10.2. The number of halogens is 1. The van der Waals surface area contributed by atoms with Gasteiger partial charge in [-0.15, -0.1) is 0 Å². The number of allylic oxidation sites excluding steroid dienone is 3. The van der Waals surface area contributed by atoms with Crippen molar-refractivity contribution < 1.29 is 4.39 Å². The van der Waals surface area contributed by atoms with Gasteiger partial charge in [0.05, 0.1) is 18.2 Å². The molecule has 0 saturated carbocycles. The summed E-state index contributed by atoms with van der Waals surface area (Å²) in [7, 11) is 0. The summed E-state index contributed by atoms with van der Waals surface area (Å²) in [6.45, 7) is 7.09. The molecule has 2 aromatic rings. The minimum atomic E-state index is -0.204. The van der Waals surface area contributed by atoms with Gasteiger partial charge >= 0.3 is 0 Å². The molecule has 0 radical (unpaired) electrons. The molecular weight excluding hydrogens is 275 g/mol. The Balaban J connectivity index is 2.05. The van der Waals surface area contributed by atoms with E-state index in [1.165, 1.54) is 23.3 Å². The van der Waals surface area contributed by atoms with E-state index >= 15 is 0 Å². The summed E-state index contributed by atoms with van der Waals surface area (Å²) in [5.74, 6) is -0.204. The molecule has 0 aliphatic carbocycles. The third-order valence-electron chi connectivity index (χ3n) is 3.50. The molecule has 0 spiro atoms. The maximum atomic E-state index is 13.0. The van der Waals surface area contributed by atoms with Crippen molar-refractivity contribution in [2.75, 3.05) is 0 Å². The summed E-state index contributed by atoms with van der Waals surface area (Å²) in [6, 6.07) is 6.61. The van der Waals surface area contributed by atoms with Gasteiger partial charge in [-0.05, 0) is 57.4 Å². The zero-order chi connectivity index (χ0) is 15.9. The van der Waals surface area contributed by atoms with Gasteiger partial charge < -0.3 is 4.57 Å². The Kier molecular flexibility index (Phi) is 5.70. The third-order valence-corrected chi connectivity index (χ3v) is 3.50. The van der Waals surface area contributed by atoms with Crippen molar-refractivity contribution in [1.82, 2.24) is 9.55 Å². The van der Waals surface area contributed by atoms with Gasteiger partial charge in [-0.1, -0.05) is 29.4 Å². The monoisotopic (exact) mass is 298 g/mol. The first kappa shape index (κ1) is 16.2. The highest BCUT2D eigenvalue weighted by molar-refractivity contribution is 5.48. The Morgan fingerprint density at radius 2 is 1.91 bits per heavy atom. The SMILES string of the molecule is CC(C)=CCC/C(C)=C/c1cncn1Cc1ccc(F)cc1. The first-order chi connectivity index (χ1) is 10.5. The molecule has 0 fully saturated rings. The van der Waals surface area contributed by atoms with E-state index in [0.29, 0.717) is 6.54 Å². The largest absolute Gasteiger partial charge is 0.327 e. The highest BCUT2D eigenvalue weighted by Gasteiger charge is 2.02. The van der Waals surface area contributed by atoms with Crippen molar-refractivity contribution >= 4 is 6.08 Å². The second-order valence-electron chi connectivity index (χ2n) is 5.88. The van der Waals surface area contributed by atoms with E-state index in [0.717, 1.165) is 24.1 Å². The molecule has 2 nitrogen and oxygen atoms in total. The summed E-state index contributed by atoms with van der Waals surface area (Å²) in [5.41, 5.74) is 4.84. The second kappa shape index (κ2) is 7.74. The fraction of sp³-hybridized carbons (Fsp3) is 0.316. The smallest absolute Gasteiger partial charge is 0.123 e. The number of benzene rings is 1. The fourth-order valence-corrected chi connectivity index (χ4v) is 2.28. The van der Waals surface area contributed by atoms with Crippen LogP contribution in [-0.2, 0) is 6.54 Å². The lowest BCUT2D eigenvalue weighted by atomic mass is 10.1. The first-order valence-electron chi connectivity index (χ1n) is 7.59. The Labute approximate surface area is 132 Å². The Bertz CT molecular complexity index is 659. The predicted octanol–water partition coefficient (Wildman–Crippen LogP) is 5.22. The van der Waals surface area contributed by atoms with Crippen molar-refractivity contribution in [3.63, 3.8) is 0 Å².